The molecule has 0 aliphatic rings. The second-order valence-electron chi connectivity index (χ2n) is 12.8. The third-order valence-electron chi connectivity index (χ3n) is 9.14. The van der Waals surface area contributed by atoms with Crippen molar-refractivity contribution in [1.29, 1.82) is 0 Å². The molecule has 0 fully saturated rings. The summed E-state index contributed by atoms with van der Waals surface area (Å²) in [5.41, 5.74) is 10.7. The highest BCUT2D eigenvalue weighted by molar-refractivity contribution is 7.72. The minimum atomic E-state index is -1.61. The van der Waals surface area contributed by atoms with Gasteiger partial charge in [0.2, 0.25) is 0 Å². The molecule has 0 aromatic heterocycles. The Morgan fingerprint density at radius 2 is 0.739 bits per heavy atom. The molecule has 0 saturated carbocycles. The molecule has 5 aromatic carbocycles. The molecule has 0 radical (unpaired) electrons. The topological polar surface area (TPSA) is 9.72 Å². The van der Waals surface area contributed by atoms with E-state index in [9.17, 15) is 0 Å². The van der Waals surface area contributed by atoms with E-state index >= 15 is 0 Å². The average Bonchev–Trinajstić information content (AvgIpc) is 3.05. The van der Waals surface area contributed by atoms with Crippen LogP contribution in [-0.2, 0) is 0 Å². The van der Waals surface area contributed by atoms with Gasteiger partial charge in [-0.15, -0.1) is 0 Å². The lowest BCUT2D eigenvalue weighted by atomic mass is 9.13. The van der Waals surface area contributed by atoms with Crippen LogP contribution in [0.1, 0.15) is 22.3 Å². The summed E-state index contributed by atoms with van der Waals surface area (Å²) >= 11 is 0. The normalized spacial score (nSPS) is 12.1. The van der Waals surface area contributed by atoms with Crippen molar-refractivity contribution < 1.29 is 0 Å². The van der Waals surface area contributed by atoms with Crippen LogP contribution in [0.15, 0.2) is 139 Å². The number of aryl methyl sites for hydroxylation is 3. The van der Waals surface area contributed by atoms with Gasteiger partial charge < -0.3 is 0 Å². The van der Waals surface area contributed by atoms with Gasteiger partial charge in [0, 0.05) is 42.3 Å². The van der Waals surface area contributed by atoms with E-state index in [2.05, 4.69) is 222 Å². The molecule has 0 saturated heterocycles. The second kappa shape index (κ2) is 15.7. The maximum absolute atomic E-state index is 2.39. The van der Waals surface area contributed by atoms with Crippen LogP contribution in [0.2, 0.25) is 0 Å². The van der Waals surface area contributed by atoms with Gasteiger partial charge in [0.05, 0.1) is 0 Å². The molecule has 0 spiro atoms. The smallest absolute Gasteiger partial charge is 0.195 e. The third kappa shape index (κ3) is 7.27. The molecule has 5 heteroatoms. The zero-order chi connectivity index (χ0) is 33.3. The van der Waals surface area contributed by atoms with Gasteiger partial charge >= 0.3 is 0 Å². The Hall–Kier alpha value is -3.79. The molecule has 0 bridgehead atoms. The van der Waals surface area contributed by atoms with Gasteiger partial charge in [0.25, 0.3) is 7.71 Å². The van der Waals surface area contributed by atoms with Crippen LogP contribution in [0.25, 0.3) is 6.08 Å². The fourth-order valence-corrected chi connectivity index (χ4v) is 10.5. The van der Waals surface area contributed by atoms with Crippen LogP contribution in [0, 0.1) is 20.8 Å². The SMILES string of the molecule is Cc1cc(C)c(/C=C/[P+](N(C)C)(N(C)C)N(C)C)c(C)c1.c1ccc([B-](c2ccccc2)(c2ccccc2)c2ccccc2)cc1. The molecular formula is C41H51BN3P. The van der Waals surface area contributed by atoms with Crippen molar-refractivity contribution in [2.45, 2.75) is 20.8 Å². The first-order valence-electron chi connectivity index (χ1n) is 16.1. The van der Waals surface area contributed by atoms with E-state index < -0.39 is 13.9 Å². The Morgan fingerprint density at radius 3 is 1.00 bits per heavy atom. The largest absolute Gasteiger partial charge is 0.253 e. The van der Waals surface area contributed by atoms with E-state index in [1.165, 1.54) is 44.1 Å². The summed E-state index contributed by atoms with van der Waals surface area (Å²) in [5.74, 6) is 2.39. The third-order valence-corrected chi connectivity index (χ3v) is 13.2. The highest BCUT2D eigenvalue weighted by atomic mass is 31.2. The lowest BCUT2D eigenvalue weighted by Gasteiger charge is -2.44. The van der Waals surface area contributed by atoms with Gasteiger partial charge in [0.15, 0.2) is 0 Å². The van der Waals surface area contributed by atoms with Crippen molar-refractivity contribution in [2.75, 3.05) is 42.3 Å². The zero-order valence-corrected chi connectivity index (χ0v) is 30.1. The zero-order valence-electron chi connectivity index (χ0n) is 29.2. The summed E-state index contributed by atoms with van der Waals surface area (Å²) in [6.45, 7) is 6.55. The maximum atomic E-state index is 2.39. The molecule has 46 heavy (non-hydrogen) atoms. The van der Waals surface area contributed by atoms with Gasteiger partial charge in [-0.25, -0.2) is 0 Å². The Kier molecular flexibility index (Phi) is 12.0. The van der Waals surface area contributed by atoms with Gasteiger partial charge in [-0.2, -0.15) is 35.9 Å². The van der Waals surface area contributed by atoms with Crippen LogP contribution in [0.4, 0.5) is 0 Å². The number of benzene rings is 5. The van der Waals surface area contributed by atoms with Crippen LogP contribution in [-0.4, -0.2) is 62.4 Å². The van der Waals surface area contributed by atoms with Crippen LogP contribution in [0.3, 0.4) is 0 Å². The lowest BCUT2D eigenvalue weighted by molar-refractivity contribution is 0.472. The van der Waals surface area contributed by atoms with Crippen LogP contribution in [0.5, 0.6) is 0 Å². The van der Waals surface area contributed by atoms with Gasteiger partial charge in [-0.3, -0.25) is 0 Å². The molecule has 238 valence electrons. The Labute approximate surface area is 279 Å². The van der Waals surface area contributed by atoms with Crippen LogP contribution >= 0.6 is 7.71 Å². The maximum Gasteiger partial charge on any atom is 0.253 e. The highest BCUT2D eigenvalue weighted by Gasteiger charge is 2.45. The highest BCUT2D eigenvalue weighted by Crippen LogP contribution is 2.65. The Bertz CT molecular complexity index is 1480. The summed E-state index contributed by atoms with van der Waals surface area (Å²) < 4.78 is 7.01. The first kappa shape index (κ1) is 35.1. The standard InChI is InChI=1S/C24H20B.C17H31N3P/c1-5-13-21(14-6-1)25(22-15-7-2-8-16-22,23-17-9-3-10-18-23)24-19-11-4-12-20-24;1-14-12-15(2)17(16(3)13-14)10-11-21(18(4)5,19(6)7)20(8)9/h1-20H;10-13H,1-9H3/q-1;+1/b;11-10+. The predicted octanol–water partition coefficient (Wildman–Crippen LogP) is 7.09. The minimum Gasteiger partial charge on any atom is -0.195 e. The molecule has 0 amide bonds. The summed E-state index contributed by atoms with van der Waals surface area (Å²) in [5, 5.41) is 0. The first-order chi connectivity index (χ1) is 22.0. The van der Waals surface area contributed by atoms with Crippen molar-refractivity contribution >= 4 is 41.8 Å². The minimum absolute atomic E-state index is 1.22. The van der Waals surface area contributed by atoms with Crippen LogP contribution < -0.4 is 21.9 Å². The molecule has 0 aliphatic heterocycles. The lowest BCUT2D eigenvalue weighted by Crippen LogP contribution is -2.74. The summed E-state index contributed by atoms with van der Waals surface area (Å²) in [4.78, 5) is 0. The molecule has 0 heterocycles. The van der Waals surface area contributed by atoms with E-state index in [0.29, 0.717) is 0 Å². The fraction of sp³-hybridized carbons (Fsp3) is 0.220. The molecule has 0 N–H and O–H groups in total. The quantitative estimate of drug-likeness (QED) is 0.128. The number of rotatable bonds is 9. The fourth-order valence-electron chi connectivity index (χ4n) is 7.22. The van der Waals surface area contributed by atoms with Crippen molar-refractivity contribution in [3.05, 3.63) is 162 Å². The number of hydrogen-bond donors (Lipinski definition) is 0. The molecule has 5 rings (SSSR count). The van der Waals surface area contributed by atoms with E-state index in [1.807, 2.05) is 0 Å². The van der Waals surface area contributed by atoms with Gasteiger partial charge in [-0.05, 0) is 43.5 Å². The molecular weight excluding hydrogens is 576 g/mol. The average molecular weight is 628 g/mol. The number of hydrogen-bond acceptors (Lipinski definition) is 3. The van der Waals surface area contributed by atoms with Gasteiger partial charge in [-0.1, -0.05) is 139 Å². The monoisotopic (exact) mass is 627 g/mol. The van der Waals surface area contributed by atoms with E-state index in [0.717, 1.165) is 0 Å². The second-order valence-corrected chi connectivity index (χ2v) is 16.7. The van der Waals surface area contributed by atoms with E-state index in [4.69, 9.17) is 0 Å². The summed E-state index contributed by atoms with van der Waals surface area (Å²) in [6, 6.07) is 48.0. The first-order valence-corrected chi connectivity index (χ1v) is 17.8. The van der Waals surface area contributed by atoms with Crippen molar-refractivity contribution in [2.24, 2.45) is 0 Å². The van der Waals surface area contributed by atoms with Gasteiger partial charge in [0.1, 0.15) is 12.0 Å². The van der Waals surface area contributed by atoms with Crippen molar-refractivity contribution in [3.63, 3.8) is 0 Å². The summed E-state index contributed by atoms with van der Waals surface area (Å²) in [6.07, 6.45) is 1.09. The molecule has 3 nitrogen and oxygen atoms in total. The Morgan fingerprint density at radius 1 is 0.457 bits per heavy atom. The summed E-state index contributed by atoms with van der Waals surface area (Å²) in [7, 11) is 11.3. The van der Waals surface area contributed by atoms with E-state index in [-0.39, 0.29) is 0 Å². The molecule has 0 atom stereocenters. The van der Waals surface area contributed by atoms with Crippen molar-refractivity contribution in [3.8, 4) is 0 Å². The molecule has 0 aliphatic carbocycles. The number of nitrogens with zero attached hydrogens (tertiary/aromatic N) is 3. The molecule has 5 aromatic rings. The molecule has 0 unspecified atom stereocenters. The Balaban J connectivity index is 0.000000213. The predicted molar refractivity (Wildman–Crippen MR) is 208 cm³/mol. The van der Waals surface area contributed by atoms with E-state index in [1.54, 1.807) is 0 Å². The van der Waals surface area contributed by atoms with Crippen molar-refractivity contribution in [1.82, 2.24) is 14.0 Å².